The van der Waals surface area contributed by atoms with Crippen LogP contribution in [0.3, 0.4) is 0 Å². The highest BCUT2D eigenvalue weighted by molar-refractivity contribution is 6.02. The lowest BCUT2D eigenvalue weighted by molar-refractivity contribution is 0.0951. The van der Waals surface area contributed by atoms with Gasteiger partial charge in [-0.05, 0) is 30.5 Å². The Morgan fingerprint density at radius 2 is 1.27 bits per heavy atom. The summed E-state index contributed by atoms with van der Waals surface area (Å²) in [6, 6.07) is 30.5. The van der Waals surface area contributed by atoms with Crippen molar-refractivity contribution in [2.24, 2.45) is 0 Å². The highest BCUT2D eigenvalue weighted by atomic mass is 16.3. The second-order valence-corrected chi connectivity index (χ2v) is 7.41. The Hall–Kier alpha value is -3.59. The molecule has 0 saturated carbocycles. The molecule has 150 valence electrons. The first kappa shape index (κ1) is 19.7. The largest absolute Gasteiger partial charge is 0.465 e. The molecule has 3 heteroatoms. The molecule has 0 atom stereocenters. The highest BCUT2D eigenvalue weighted by Gasteiger charge is 2.24. The number of nitrogens with one attached hydrogen (secondary N) is 1. The number of amides is 1. The van der Waals surface area contributed by atoms with Crippen molar-refractivity contribution in [3.63, 3.8) is 0 Å². The summed E-state index contributed by atoms with van der Waals surface area (Å²) in [5.41, 5.74) is 4.81. The summed E-state index contributed by atoms with van der Waals surface area (Å²) in [5.74, 6) is 1.36. The van der Waals surface area contributed by atoms with E-state index in [1.807, 2.05) is 80.6 Å². The Balaban J connectivity index is 1.63. The van der Waals surface area contributed by atoms with Crippen LogP contribution >= 0.6 is 0 Å². The number of hydrogen-bond donors (Lipinski definition) is 1. The molecule has 0 aliphatic rings. The fraction of sp³-hybridized carbons (Fsp3) is 0.148. The molecule has 3 nitrogen and oxygen atoms in total. The van der Waals surface area contributed by atoms with E-state index in [1.54, 1.807) is 0 Å². The van der Waals surface area contributed by atoms with Crippen molar-refractivity contribution in [2.75, 3.05) is 6.54 Å². The molecule has 0 aliphatic carbocycles. The number of furan rings is 1. The maximum Gasteiger partial charge on any atom is 0.255 e. The van der Waals surface area contributed by atoms with E-state index in [1.165, 1.54) is 11.1 Å². The smallest absolute Gasteiger partial charge is 0.255 e. The number of carbonyl (C=O) groups is 1. The molecule has 1 N–H and O–H groups in total. The minimum absolute atomic E-state index is 0.0739. The van der Waals surface area contributed by atoms with E-state index in [-0.39, 0.29) is 11.8 Å². The summed E-state index contributed by atoms with van der Waals surface area (Å²) < 4.78 is 5.84. The first-order chi connectivity index (χ1) is 14.6. The average Bonchev–Trinajstić information content (AvgIpc) is 3.09. The third-order valence-corrected chi connectivity index (χ3v) is 5.42. The van der Waals surface area contributed by atoms with Gasteiger partial charge in [0.15, 0.2) is 0 Å². The van der Waals surface area contributed by atoms with E-state index in [0.29, 0.717) is 17.9 Å². The van der Waals surface area contributed by atoms with Gasteiger partial charge >= 0.3 is 0 Å². The topological polar surface area (TPSA) is 42.2 Å². The summed E-state index contributed by atoms with van der Waals surface area (Å²) in [6.07, 6.45) is 0. The molecule has 30 heavy (non-hydrogen) atoms. The summed E-state index contributed by atoms with van der Waals surface area (Å²) in [4.78, 5) is 13.3. The van der Waals surface area contributed by atoms with Crippen molar-refractivity contribution in [1.82, 2.24) is 5.32 Å². The van der Waals surface area contributed by atoms with Crippen LogP contribution in [0.5, 0.6) is 0 Å². The number of rotatable bonds is 6. The maximum atomic E-state index is 13.3. The molecule has 1 aromatic heterocycles. The van der Waals surface area contributed by atoms with E-state index in [0.717, 1.165) is 16.9 Å². The molecule has 3 aromatic carbocycles. The molecule has 1 heterocycles. The summed E-state index contributed by atoms with van der Waals surface area (Å²) in [5, 5.41) is 3.16. The van der Waals surface area contributed by atoms with Gasteiger partial charge in [0.1, 0.15) is 11.5 Å². The first-order valence-corrected chi connectivity index (χ1v) is 10.2. The van der Waals surface area contributed by atoms with Crippen LogP contribution in [-0.4, -0.2) is 12.5 Å². The second-order valence-electron chi connectivity index (χ2n) is 7.41. The Labute approximate surface area is 177 Å². The Kier molecular flexibility index (Phi) is 5.80. The monoisotopic (exact) mass is 395 g/mol. The number of carbonyl (C=O) groups excluding carboxylic acids is 1. The third-order valence-electron chi connectivity index (χ3n) is 5.42. The zero-order chi connectivity index (χ0) is 20.9. The van der Waals surface area contributed by atoms with Crippen molar-refractivity contribution in [3.8, 4) is 11.1 Å². The average molecular weight is 396 g/mol. The molecule has 0 spiro atoms. The molecule has 4 rings (SSSR count). The normalized spacial score (nSPS) is 10.9. The molecule has 0 radical (unpaired) electrons. The van der Waals surface area contributed by atoms with Crippen LogP contribution in [0.2, 0.25) is 0 Å². The molecule has 0 saturated heterocycles. The van der Waals surface area contributed by atoms with Gasteiger partial charge in [-0.25, -0.2) is 0 Å². The minimum atomic E-state index is -0.111. The van der Waals surface area contributed by atoms with Gasteiger partial charge in [-0.15, -0.1) is 0 Å². The zero-order valence-corrected chi connectivity index (χ0v) is 17.3. The number of hydrogen-bond acceptors (Lipinski definition) is 2. The molecule has 0 unspecified atom stereocenters. The van der Waals surface area contributed by atoms with Crippen LogP contribution in [0.25, 0.3) is 11.1 Å². The highest BCUT2D eigenvalue weighted by Crippen LogP contribution is 2.32. The lowest BCUT2D eigenvalue weighted by atomic mass is 9.91. The Bertz CT molecular complexity index is 1080. The van der Waals surface area contributed by atoms with Gasteiger partial charge in [-0.2, -0.15) is 0 Å². The van der Waals surface area contributed by atoms with E-state index >= 15 is 0 Å². The van der Waals surface area contributed by atoms with Gasteiger partial charge in [0.05, 0.1) is 5.56 Å². The first-order valence-electron chi connectivity index (χ1n) is 10.2. The van der Waals surface area contributed by atoms with Crippen LogP contribution in [0.1, 0.15) is 38.9 Å². The van der Waals surface area contributed by atoms with Crippen LogP contribution in [0, 0.1) is 13.8 Å². The van der Waals surface area contributed by atoms with E-state index in [4.69, 9.17) is 4.42 Å². The van der Waals surface area contributed by atoms with Crippen molar-refractivity contribution < 1.29 is 9.21 Å². The molecular formula is C27H25NO2. The quantitative estimate of drug-likeness (QED) is 0.427. The van der Waals surface area contributed by atoms with E-state index in [2.05, 4.69) is 29.6 Å². The van der Waals surface area contributed by atoms with Crippen LogP contribution in [0.15, 0.2) is 95.4 Å². The minimum Gasteiger partial charge on any atom is -0.465 e. The maximum absolute atomic E-state index is 13.3. The van der Waals surface area contributed by atoms with Crippen molar-refractivity contribution in [1.29, 1.82) is 0 Å². The van der Waals surface area contributed by atoms with Crippen molar-refractivity contribution >= 4 is 5.91 Å². The lowest BCUT2D eigenvalue weighted by Crippen LogP contribution is -2.29. The van der Waals surface area contributed by atoms with Gasteiger partial charge in [-0.3, -0.25) is 4.79 Å². The molecule has 0 fully saturated rings. The van der Waals surface area contributed by atoms with Gasteiger partial charge in [0, 0.05) is 18.0 Å². The molecule has 4 aromatic rings. The van der Waals surface area contributed by atoms with Gasteiger partial charge in [0.25, 0.3) is 5.91 Å². The fourth-order valence-electron chi connectivity index (χ4n) is 3.99. The lowest BCUT2D eigenvalue weighted by Gasteiger charge is -2.19. The van der Waals surface area contributed by atoms with Crippen LogP contribution in [-0.2, 0) is 0 Å². The van der Waals surface area contributed by atoms with Gasteiger partial charge in [0.2, 0.25) is 0 Å². The summed E-state index contributed by atoms with van der Waals surface area (Å²) in [7, 11) is 0. The zero-order valence-electron chi connectivity index (χ0n) is 17.3. The summed E-state index contributed by atoms with van der Waals surface area (Å²) >= 11 is 0. The number of benzene rings is 3. The third kappa shape index (κ3) is 4.06. The molecule has 0 aliphatic heterocycles. The Morgan fingerprint density at radius 3 is 1.80 bits per heavy atom. The van der Waals surface area contributed by atoms with Crippen LogP contribution in [0.4, 0.5) is 0 Å². The van der Waals surface area contributed by atoms with E-state index < -0.39 is 0 Å². The van der Waals surface area contributed by atoms with E-state index in [9.17, 15) is 4.79 Å². The molecule has 1 amide bonds. The molecule has 0 bridgehead atoms. The Morgan fingerprint density at radius 1 is 0.767 bits per heavy atom. The van der Waals surface area contributed by atoms with Gasteiger partial charge in [-0.1, -0.05) is 91.0 Å². The van der Waals surface area contributed by atoms with Crippen LogP contribution < -0.4 is 5.32 Å². The number of aryl methyl sites for hydroxylation is 2. The molecular weight excluding hydrogens is 370 g/mol. The second kappa shape index (κ2) is 8.83. The predicted molar refractivity (Wildman–Crippen MR) is 121 cm³/mol. The van der Waals surface area contributed by atoms with Gasteiger partial charge < -0.3 is 9.73 Å². The fourth-order valence-corrected chi connectivity index (χ4v) is 3.99. The SMILES string of the molecule is Cc1oc(C)c(-c2ccccc2)c1C(=O)NCC(c1ccccc1)c1ccccc1. The predicted octanol–water partition coefficient (Wildman–Crippen LogP) is 6.13. The standard InChI is InChI=1S/C27H25NO2/c1-19-25(23-16-10-5-11-17-23)26(20(2)30-19)27(29)28-18-24(21-12-6-3-7-13-21)22-14-8-4-9-15-22/h3-17,24H,18H2,1-2H3,(H,28,29). The summed E-state index contributed by atoms with van der Waals surface area (Å²) in [6.45, 7) is 4.26. The van der Waals surface area contributed by atoms with Crippen molar-refractivity contribution in [2.45, 2.75) is 19.8 Å². The van der Waals surface area contributed by atoms with Crippen molar-refractivity contribution in [3.05, 3.63) is 119 Å².